The Morgan fingerprint density at radius 3 is 1.90 bits per heavy atom. The summed E-state index contributed by atoms with van der Waals surface area (Å²) >= 11 is 0. The summed E-state index contributed by atoms with van der Waals surface area (Å²) < 4.78 is 0. The highest BCUT2D eigenvalue weighted by atomic mass is 16.2. The van der Waals surface area contributed by atoms with Crippen molar-refractivity contribution in [3.05, 3.63) is 0 Å². The van der Waals surface area contributed by atoms with Crippen molar-refractivity contribution in [1.29, 1.82) is 0 Å². The average Bonchev–Trinajstić information content (AvgIpc) is 2.02. The molecule has 0 bridgehead atoms. The first-order valence-electron chi connectivity index (χ1n) is 3.86. The van der Waals surface area contributed by atoms with Gasteiger partial charge in [-0.1, -0.05) is 32.6 Å². The van der Waals surface area contributed by atoms with Crippen LogP contribution in [0.3, 0.4) is 0 Å². The van der Waals surface area contributed by atoms with Gasteiger partial charge < -0.3 is 5.11 Å². The van der Waals surface area contributed by atoms with Crippen LogP contribution in [-0.4, -0.2) is 11.7 Å². The summed E-state index contributed by atoms with van der Waals surface area (Å²) in [5.41, 5.74) is 0. The summed E-state index contributed by atoms with van der Waals surface area (Å²) in [6.45, 7) is 2.56. The Bertz CT molecular complexity index is 51.0. The molecule has 0 fully saturated rings. The van der Waals surface area contributed by atoms with Gasteiger partial charge in [0.1, 0.15) is 0 Å². The average molecular weight is 142 g/mol. The first kappa shape index (κ1) is 12.2. The monoisotopic (exact) mass is 142 g/mol. The lowest BCUT2D eigenvalue weighted by molar-refractivity contribution is 0.282. The van der Waals surface area contributed by atoms with Gasteiger partial charge in [-0.25, -0.2) is 0 Å². The maximum Gasteiger partial charge on any atom is 0.0431 e. The third kappa shape index (κ3) is 15.6. The Kier molecular flexibility index (Phi) is 19.3. The van der Waals surface area contributed by atoms with Crippen LogP contribution >= 0.6 is 0 Å². The van der Waals surface area contributed by atoms with E-state index in [0.717, 1.165) is 6.42 Å². The van der Waals surface area contributed by atoms with Crippen molar-refractivity contribution in [3.8, 4) is 12.8 Å². The Labute approximate surface area is 64.5 Å². The quantitative estimate of drug-likeness (QED) is 0.461. The summed E-state index contributed by atoms with van der Waals surface area (Å²) in [4.78, 5) is 0. The van der Waals surface area contributed by atoms with Crippen LogP contribution in [0.15, 0.2) is 0 Å². The van der Waals surface area contributed by atoms with E-state index in [2.05, 4.69) is 19.8 Å². The van der Waals surface area contributed by atoms with Crippen molar-refractivity contribution >= 4 is 0 Å². The lowest BCUT2D eigenvalue weighted by Crippen LogP contribution is -1.81. The lowest BCUT2D eigenvalue weighted by atomic mass is 10.2. The molecule has 10 heavy (non-hydrogen) atoms. The van der Waals surface area contributed by atoms with E-state index in [1.54, 1.807) is 0 Å². The van der Waals surface area contributed by atoms with E-state index in [9.17, 15) is 0 Å². The molecule has 0 aromatic carbocycles. The minimum absolute atomic E-state index is 0.365. The number of terminal acetylenes is 1. The second-order valence-corrected chi connectivity index (χ2v) is 2.14. The smallest absolute Gasteiger partial charge is 0.0431 e. The summed E-state index contributed by atoms with van der Waals surface area (Å²) in [7, 11) is 0. The molecule has 0 atom stereocenters. The van der Waals surface area contributed by atoms with Crippen LogP contribution in [0.5, 0.6) is 0 Å². The standard InChI is InChI=1S/C7H16O.C2H2/c1-2-3-4-5-6-7-8;1-2/h8H,2-7H2,1H3;1-2H. The highest BCUT2D eigenvalue weighted by Crippen LogP contribution is 2.00. The molecular weight excluding hydrogens is 124 g/mol. The summed E-state index contributed by atoms with van der Waals surface area (Å²) in [6, 6.07) is 0. The molecule has 0 saturated carbocycles. The molecule has 1 nitrogen and oxygen atoms in total. The minimum atomic E-state index is 0.365. The molecule has 0 aliphatic heterocycles. The summed E-state index contributed by atoms with van der Waals surface area (Å²) in [6.07, 6.45) is 14.1. The molecule has 0 amide bonds. The lowest BCUT2D eigenvalue weighted by Gasteiger charge is -1.93. The highest BCUT2D eigenvalue weighted by molar-refractivity contribution is 4.47. The number of unbranched alkanes of at least 4 members (excludes halogenated alkanes) is 4. The second-order valence-electron chi connectivity index (χ2n) is 2.14. The zero-order valence-corrected chi connectivity index (χ0v) is 6.84. The van der Waals surface area contributed by atoms with Crippen molar-refractivity contribution in [2.24, 2.45) is 0 Å². The fourth-order valence-electron chi connectivity index (χ4n) is 0.715. The molecule has 0 saturated heterocycles. The van der Waals surface area contributed by atoms with E-state index in [0.29, 0.717) is 6.61 Å². The number of hydrogen-bond donors (Lipinski definition) is 1. The third-order valence-electron chi connectivity index (χ3n) is 1.26. The van der Waals surface area contributed by atoms with Gasteiger partial charge in [0, 0.05) is 6.61 Å². The van der Waals surface area contributed by atoms with Crippen LogP contribution in [-0.2, 0) is 0 Å². The summed E-state index contributed by atoms with van der Waals surface area (Å²) in [5.74, 6) is 0. The summed E-state index contributed by atoms with van der Waals surface area (Å²) in [5, 5.41) is 8.37. The zero-order chi connectivity index (χ0) is 8.24. The van der Waals surface area contributed by atoms with Crippen molar-refractivity contribution in [2.45, 2.75) is 39.0 Å². The maximum atomic E-state index is 8.37. The SMILES string of the molecule is C#C.CCCCCCCO. The second kappa shape index (κ2) is 15.8. The van der Waals surface area contributed by atoms with Gasteiger partial charge >= 0.3 is 0 Å². The van der Waals surface area contributed by atoms with Gasteiger partial charge in [0.25, 0.3) is 0 Å². The molecule has 0 heterocycles. The van der Waals surface area contributed by atoms with Gasteiger partial charge in [0.15, 0.2) is 0 Å². The Morgan fingerprint density at radius 1 is 1.00 bits per heavy atom. The molecule has 0 aliphatic carbocycles. The van der Waals surface area contributed by atoms with Gasteiger partial charge in [-0.05, 0) is 6.42 Å². The molecule has 60 valence electrons. The van der Waals surface area contributed by atoms with Crippen molar-refractivity contribution < 1.29 is 5.11 Å². The van der Waals surface area contributed by atoms with Gasteiger partial charge in [-0.3, -0.25) is 0 Å². The van der Waals surface area contributed by atoms with E-state index < -0.39 is 0 Å². The first-order valence-corrected chi connectivity index (χ1v) is 3.86. The van der Waals surface area contributed by atoms with E-state index in [4.69, 9.17) is 5.11 Å². The van der Waals surface area contributed by atoms with Crippen LogP contribution < -0.4 is 0 Å². The van der Waals surface area contributed by atoms with Crippen LogP contribution in [0, 0.1) is 12.8 Å². The molecule has 1 N–H and O–H groups in total. The minimum Gasteiger partial charge on any atom is -0.396 e. The first-order chi connectivity index (χ1) is 4.91. The maximum absolute atomic E-state index is 8.37. The molecule has 0 aromatic rings. The van der Waals surface area contributed by atoms with E-state index in [-0.39, 0.29) is 0 Å². The van der Waals surface area contributed by atoms with Gasteiger partial charge in [-0.2, -0.15) is 0 Å². The molecule has 0 unspecified atom stereocenters. The highest BCUT2D eigenvalue weighted by Gasteiger charge is 1.84. The van der Waals surface area contributed by atoms with Crippen LogP contribution in [0.4, 0.5) is 0 Å². The molecule has 0 aromatic heterocycles. The van der Waals surface area contributed by atoms with Gasteiger partial charge in [0.05, 0.1) is 0 Å². The van der Waals surface area contributed by atoms with Crippen molar-refractivity contribution in [2.75, 3.05) is 6.61 Å². The van der Waals surface area contributed by atoms with Gasteiger partial charge in [-0.15, -0.1) is 12.8 Å². The van der Waals surface area contributed by atoms with Crippen LogP contribution in [0.1, 0.15) is 39.0 Å². The van der Waals surface area contributed by atoms with E-state index >= 15 is 0 Å². The Balaban J connectivity index is 0. The van der Waals surface area contributed by atoms with Crippen molar-refractivity contribution in [3.63, 3.8) is 0 Å². The normalized spacial score (nSPS) is 8.00. The predicted molar refractivity (Wildman–Crippen MR) is 45.7 cm³/mol. The fourth-order valence-corrected chi connectivity index (χ4v) is 0.715. The van der Waals surface area contributed by atoms with Crippen LogP contribution in [0.2, 0.25) is 0 Å². The third-order valence-corrected chi connectivity index (χ3v) is 1.26. The molecule has 0 rings (SSSR count). The Hall–Kier alpha value is -0.480. The molecule has 0 radical (unpaired) electrons. The van der Waals surface area contributed by atoms with Crippen LogP contribution in [0.25, 0.3) is 0 Å². The molecule has 0 aliphatic rings. The van der Waals surface area contributed by atoms with E-state index in [1.165, 1.54) is 25.7 Å². The largest absolute Gasteiger partial charge is 0.396 e. The predicted octanol–water partition coefficient (Wildman–Crippen LogP) is 2.20. The van der Waals surface area contributed by atoms with Crippen molar-refractivity contribution in [1.82, 2.24) is 0 Å². The van der Waals surface area contributed by atoms with Gasteiger partial charge in [0.2, 0.25) is 0 Å². The number of hydrogen-bond acceptors (Lipinski definition) is 1. The topological polar surface area (TPSA) is 20.2 Å². The number of aliphatic hydroxyl groups excluding tert-OH is 1. The molecule has 1 heteroatoms. The fraction of sp³-hybridized carbons (Fsp3) is 0.778. The van der Waals surface area contributed by atoms with E-state index in [1.807, 2.05) is 0 Å². The molecule has 0 spiro atoms. The number of rotatable bonds is 5. The Morgan fingerprint density at radius 2 is 1.50 bits per heavy atom. The molecular formula is C9H18O. The number of aliphatic hydroxyl groups is 1. The zero-order valence-electron chi connectivity index (χ0n) is 6.84.